The maximum atomic E-state index is 13.3. The molecule has 4 rings (SSSR count). The molecule has 1 heterocycles. The Morgan fingerprint density at radius 2 is 1.71 bits per heavy atom. The molecule has 0 saturated carbocycles. The van der Waals surface area contributed by atoms with Crippen LogP contribution in [0.25, 0.3) is 11.1 Å². The van der Waals surface area contributed by atoms with Crippen molar-refractivity contribution in [2.24, 2.45) is 0 Å². The highest BCUT2D eigenvalue weighted by Crippen LogP contribution is 2.38. The first-order valence-corrected chi connectivity index (χ1v) is 14.7. The van der Waals surface area contributed by atoms with Crippen LogP contribution < -0.4 is 5.32 Å². The first kappa shape index (κ1) is 26.0. The zero-order chi connectivity index (χ0) is 25.2. The summed E-state index contributed by atoms with van der Waals surface area (Å²) >= 11 is 3.77. The molecule has 0 aromatic heterocycles. The summed E-state index contributed by atoms with van der Waals surface area (Å²) in [5.41, 5.74) is 4.08. The van der Waals surface area contributed by atoms with Crippen LogP contribution in [-0.4, -0.2) is 46.9 Å². The molecule has 1 aliphatic rings. The van der Waals surface area contributed by atoms with Gasteiger partial charge in [0.2, 0.25) is 10.0 Å². The molecule has 3 aromatic carbocycles. The minimum absolute atomic E-state index is 0.105. The topological polar surface area (TPSA) is 86.7 Å². The largest absolute Gasteiger partial charge is 0.480 e. The van der Waals surface area contributed by atoms with Crippen molar-refractivity contribution in [3.05, 3.63) is 81.9 Å². The number of nitrogens with zero attached hydrogens (tertiary/aromatic N) is 1. The number of anilines is 1. The standard InChI is InChI=1S/C26H27IN2O4S2/c1-26(2)24(25(30)31)29(14-15-34-26)35(32,33)23-12-10-20(11-13-23)19-8-6-18(7-9-19)17-28-22-5-3-4-21(27)16-22/h3-13,16,24,28H,14-15,17H2,1-2H3,(H,30,31)/t24-/m0/s1. The molecule has 1 fully saturated rings. The number of aliphatic carboxylic acids is 1. The van der Waals surface area contributed by atoms with Crippen LogP contribution in [0, 0.1) is 3.57 Å². The number of nitrogens with one attached hydrogen (secondary N) is 1. The van der Waals surface area contributed by atoms with Gasteiger partial charge in [0.05, 0.1) is 4.90 Å². The van der Waals surface area contributed by atoms with E-state index in [-0.39, 0.29) is 11.4 Å². The number of carbonyl (C=O) groups is 1. The predicted molar refractivity (Wildman–Crippen MR) is 150 cm³/mol. The SMILES string of the molecule is CC1(C)SCCN(S(=O)(=O)c2ccc(-c3ccc(CNc4cccc(I)c4)cc3)cc2)[C@H]1C(=O)O. The van der Waals surface area contributed by atoms with Gasteiger partial charge in [-0.25, -0.2) is 8.42 Å². The lowest BCUT2D eigenvalue weighted by Crippen LogP contribution is -2.58. The lowest BCUT2D eigenvalue weighted by Gasteiger charge is -2.42. The summed E-state index contributed by atoms with van der Waals surface area (Å²) in [5.74, 6) is -0.572. The zero-order valence-corrected chi connectivity index (χ0v) is 23.2. The predicted octanol–water partition coefficient (Wildman–Crippen LogP) is 5.54. The molecule has 1 aliphatic heterocycles. The van der Waals surface area contributed by atoms with Crippen LogP contribution >= 0.6 is 34.4 Å². The number of carboxylic acid groups (broad SMARTS) is 1. The Balaban J connectivity index is 1.49. The summed E-state index contributed by atoms with van der Waals surface area (Å²) in [6.45, 7) is 4.43. The molecule has 0 aliphatic carbocycles. The molecule has 184 valence electrons. The van der Waals surface area contributed by atoms with Gasteiger partial charge in [-0.15, -0.1) is 0 Å². The van der Waals surface area contributed by atoms with Crippen molar-refractivity contribution in [1.82, 2.24) is 4.31 Å². The Morgan fingerprint density at radius 3 is 2.31 bits per heavy atom. The first-order chi connectivity index (χ1) is 16.6. The smallest absolute Gasteiger partial charge is 0.323 e. The molecule has 1 atom stereocenters. The molecule has 35 heavy (non-hydrogen) atoms. The third-order valence-electron chi connectivity index (χ3n) is 6.04. The Kier molecular flexibility index (Phi) is 7.80. The number of halogens is 1. The van der Waals surface area contributed by atoms with E-state index in [4.69, 9.17) is 0 Å². The summed E-state index contributed by atoms with van der Waals surface area (Å²) in [6.07, 6.45) is 0. The maximum Gasteiger partial charge on any atom is 0.323 e. The number of hydrogen-bond acceptors (Lipinski definition) is 5. The maximum absolute atomic E-state index is 13.3. The third kappa shape index (κ3) is 5.84. The van der Waals surface area contributed by atoms with Gasteiger partial charge in [-0.1, -0.05) is 42.5 Å². The Hall–Kier alpha value is -2.08. The average molecular weight is 623 g/mol. The summed E-state index contributed by atoms with van der Waals surface area (Å²) in [7, 11) is -3.94. The number of hydrogen-bond donors (Lipinski definition) is 2. The molecule has 0 bridgehead atoms. The third-order valence-corrected chi connectivity index (χ3v) is 9.94. The Labute approximate surface area is 224 Å². The highest BCUT2D eigenvalue weighted by Gasteiger charge is 2.48. The molecule has 0 radical (unpaired) electrons. The van der Waals surface area contributed by atoms with Crippen LogP contribution in [0.2, 0.25) is 0 Å². The summed E-state index contributed by atoms with van der Waals surface area (Å²) in [4.78, 5) is 12.0. The highest BCUT2D eigenvalue weighted by atomic mass is 127. The van der Waals surface area contributed by atoms with E-state index in [1.165, 1.54) is 15.3 Å². The molecule has 0 amide bonds. The van der Waals surface area contributed by atoms with Crippen molar-refractivity contribution in [2.75, 3.05) is 17.6 Å². The van der Waals surface area contributed by atoms with Gasteiger partial charge in [0.1, 0.15) is 6.04 Å². The molecule has 9 heteroatoms. The monoisotopic (exact) mass is 622 g/mol. The van der Waals surface area contributed by atoms with Gasteiger partial charge in [-0.2, -0.15) is 16.1 Å². The molecule has 0 unspecified atom stereocenters. The molecular weight excluding hydrogens is 595 g/mol. The quantitative estimate of drug-likeness (QED) is 0.337. The van der Waals surface area contributed by atoms with Gasteiger partial charge in [0.15, 0.2) is 0 Å². The summed E-state index contributed by atoms with van der Waals surface area (Å²) in [6, 6.07) is 21.9. The van der Waals surface area contributed by atoms with E-state index in [0.29, 0.717) is 12.3 Å². The van der Waals surface area contributed by atoms with E-state index in [1.807, 2.05) is 42.5 Å². The molecule has 2 N–H and O–H groups in total. The van der Waals surface area contributed by atoms with Crippen molar-refractivity contribution in [3.8, 4) is 11.1 Å². The molecule has 6 nitrogen and oxygen atoms in total. The minimum Gasteiger partial charge on any atom is -0.480 e. The molecule has 1 saturated heterocycles. The second kappa shape index (κ2) is 10.5. The fraction of sp³-hybridized carbons (Fsp3) is 0.269. The van der Waals surface area contributed by atoms with Gasteiger partial charge in [0, 0.05) is 32.8 Å². The fourth-order valence-electron chi connectivity index (χ4n) is 4.21. The van der Waals surface area contributed by atoms with Crippen molar-refractivity contribution < 1.29 is 18.3 Å². The Morgan fingerprint density at radius 1 is 1.09 bits per heavy atom. The number of carboxylic acids is 1. The number of sulfonamides is 1. The highest BCUT2D eigenvalue weighted by molar-refractivity contribution is 14.1. The van der Waals surface area contributed by atoms with E-state index < -0.39 is 26.8 Å². The molecule has 3 aromatic rings. The van der Waals surface area contributed by atoms with E-state index in [2.05, 4.69) is 34.0 Å². The van der Waals surface area contributed by atoms with Crippen LogP contribution in [-0.2, 0) is 21.4 Å². The molecule has 0 spiro atoms. The average Bonchev–Trinajstić information content (AvgIpc) is 2.82. The van der Waals surface area contributed by atoms with Crippen molar-refractivity contribution in [2.45, 2.75) is 36.1 Å². The van der Waals surface area contributed by atoms with Gasteiger partial charge in [-0.05, 0) is 83.5 Å². The van der Waals surface area contributed by atoms with Crippen LogP contribution in [0.1, 0.15) is 19.4 Å². The second-order valence-electron chi connectivity index (χ2n) is 8.89. The molecular formula is C26H27IN2O4S2. The van der Waals surface area contributed by atoms with Crippen molar-refractivity contribution >= 4 is 56.0 Å². The number of thioether (sulfide) groups is 1. The van der Waals surface area contributed by atoms with Gasteiger partial charge < -0.3 is 10.4 Å². The van der Waals surface area contributed by atoms with Gasteiger partial charge >= 0.3 is 5.97 Å². The first-order valence-electron chi connectivity index (χ1n) is 11.2. The van der Waals surface area contributed by atoms with Crippen LogP contribution in [0.3, 0.4) is 0 Å². The second-order valence-corrected chi connectivity index (χ2v) is 13.8. The zero-order valence-electron chi connectivity index (χ0n) is 19.4. The van der Waals surface area contributed by atoms with Crippen LogP contribution in [0.15, 0.2) is 77.7 Å². The fourth-order valence-corrected chi connectivity index (χ4v) is 7.84. The Bertz CT molecular complexity index is 1310. The van der Waals surface area contributed by atoms with Crippen LogP contribution in [0.4, 0.5) is 5.69 Å². The van der Waals surface area contributed by atoms with Crippen molar-refractivity contribution in [1.29, 1.82) is 0 Å². The van der Waals surface area contributed by atoms with E-state index in [9.17, 15) is 18.3 Å². The lowest BCUT2D eigenvalue weighted by molar-refractivity contribution is -0.142. The van der Waals surface area contributed by atoms with Crippen LogP contribution in [0.5, 0.6) is 0 Å². The number of rotatable bonds is 7. The summed E-state index contributed by atoms with van der Waals surface area (Å²) in [5, 5.41) is 13.2. The lowest BCUT2D eigenvalue weighted by atomic mass is 10.0. The van der Waals surface area contributed by atoms with Gasteiger partial charge in [-0.3, -0.25) is 4.79 Å². The van der Waals surface area contributed by atoms with Crippen molar-refractivity contribution in [3.63, 3.8) is 0 Å². The van der Waals surface area contributed by atoms with Gasteiger partial charge in [0.25, 0.3) is 0 Å². The normalized spacial score (nSPS) is 18.2. The summed E-state index contributed by atoms with van der Waals surface area (Å²) < 4.78 is 28.3. The van der Waals surface area contributed by atoms with E-state index in [1.54, 1.807) is 38.1 Å². The number of benzene rings is 3. The van der Waals surface area contributed by atoms with E-state index >= 15 is 0 Å². The minimum atomic E-state index is -3.94. The van der Waals surface area contributed by atoms with E-state index in [0.717, 1.165) is 26.7 Å².